The molecule has 0 aliphatic rings. The molecule has 4 heteroatoms. The smallest absolute Gasteiger partial charge is 0.279 e. The van der Waals surface area contributed by atoms with Crippen LogP contribution in [0, 0.1) is 0 Å². The van der Waals surface area contributed by atoms with Crippen LogP contribution in [0.15, 0.2) is 48.5 Å². The summed E-state index contributed by atoms with van der Waals surface area (Å²) in [5.74, 6) is 0.700. The van der Waals surface area contributed by atoms with E-state index in [1.165, 1.54) is 11.1 Å². The van der Waals surface area contributed by atoms with Crippen LogP contribution in [-0.4, -0.2) is 26.1 Å². The van der Waals surface area contributed by atoms with Gasteiger partial charge in [0.1, 0.15) is 12.3 Å². The summed E-state index contributed by atoms with van der Waals surface area (Å²) in [5, 5.41) is 2.95. The van der Waals surface area contributed by atoms with Gasteiger partial charge >= 0.3 is 0 Å². The highest BCUT2D eigenvalue weighted by molar-refractivity contribution is 5.92. The van der Waals surface area contributed by atoms with E-state index in [2.05, 4.69) is 36.5 Å². The Morgan fingerprint density at radius 3 is 2.38 bits per heavy atom. The van der Waals surface area contributed by atoms with Crippen molar-refractivity contribution in [3.63, 3.8) is 0 Å². The number of rotatable bonds is 8. The highest BCUT2D eigenvalue weighted by Gasteiger charge is 2.13. The summed E-state index contributed by atoms with van der Waals surface area (Å²) in [6.07, 6.45) is 1.05. The van der Waals surface area contributed by atoms with Crippen molar-refractivity contribution < 1.29 is 14.4 Å². The molecule has 0 heterocycles. The lowest BCUT2D eigenvalue weighted by atomic mass is 10.1. The van der Waals surface area contributed by atoms with E-state index in [0.29, 0.717) is 18.9 Å². The molecule has 0 spiro atoms. The zero-order valence-electron chi connectivity index (χ0n) is 14.8. The van der Waals surface area contributed by atoms with E-state index in [4.69, 9.17) is 4.74 Å². The molecule has 2 N–H and O–H groups in total. The van der Waals surface area contributed by atoms with Crippen molar-refractivity contribution in [3.05, 3.63) is 59.7 Å². The zero-order valence-corrected chi connectivity index (χ0v) is 14.8. The Labute approximate surface area is 144 Å². The molecule has 24 heavy (non-hydrogen) atoms. The fourth-order valence-electron chi connectivity index (χ4n) is 2.62. The molecule has 0 fully saturated rings. The molecule has 128 valence electrons. The predicted molar refractivity (Wildman–Crippen MR) is 97.5 cm³/mol. The van der Waals surface area contributed by atoms with E-state index in [1.54, 1.807) is 0 Å². The van der Waals surface area contributed by atoms with Crippen molar-refractivity contribution in [2.75, 3.05) is 25.5 Å². The van der Waals surface area contributed by atoms with Gasteiger partial charge in [-0.15, -0.1) is 0 Å². The molecule has 0 aliphatic heterocycles. The monoisotopic (exact) mass is 327 g/mol. The molecule has 1 atom stereocenters. The number of quaternary nitrogens is 1. The first-order chi connectivity index (χ1) is 11.6. The zero-order chi connectivity index (χ0) is 17.4. The molecule has 1 amide bonds. The van der Waals surface area contributed by atoms with E-state index in [-0.39, 0.29) is 5.91 Å². The molecule has 0 aromatic heterocycles. The number of carbonyl (C=O) groups excluding carboxylic acids is 1. The molecule has 0 aliphatic carbocycles. The van der Waals surface area contributed by atoms with Crippen molar-refractivity contribution in [1.29, 1.82) is 0 Å². The summed E-state index contributed by atoms with van der Waals surface area (Å²) in [5.41, 5.74) is 3.30. The second-order valence-electron chi connectivity index (χ2n) is 5.96. The molecule has 0 saturated carbocycles. The second-order valence-corrected chi connectivity index (χ2v) is 5.96. The van der Waals surface area contributed by atoms with Crippen LogP contribution in [-0.2, 0) is 17.8 Å². The van der Waals surface area contributed by atoms with E-state index in [0.717, 1.165) is 23.6 Å². The van der Waals surface area contributed by atoms with E-state index < -0.39 is 0 Å². The first-order valence-corrected chi connectivity index (χ1v) is 8.53. The van der Waals surface area contributed by atoms with Gasteiger partial charge < -0.3 is 15.0 Å². The quantitative estimate of drug-likeness (QED) is 0.781. The lowest BCUT2D eigenvalue weighted by Gasteiger charge is -2.15. The van der Waals surface area contributed by atoms with Gasteiger partial charge in [0.05, 0.1) is 19.3 Å². The summed E-state index contributed by atoms with van der Waals surface area (Å²) in [7, 11) is 2.03. The lowest BCUT2D eigenvalue weighted by Crippen LogP contribution is -3.08. The van der Waals surface area contributed by atoms with Gasteiger partial charge in [-0.2, -0.15) is 0 Å². The number of hydrogen-bond donors (Lipinski definition) is 2. The lowest BCUT2D eigenvalue weighted by molar-refractivity contribution is -0.885. The van der Waals surface area contributed by atoms with Gasteiger partial charge in [0, 0.05) is 5.56 Å². The van der Waals surface area contributed by atoms with Crippen LogP contribution in [0.1, 0.15) is 25.0 Å². The van der Waals surface area contributed by atoms with Gasteiger partial charge in [-0.05, 0) is 31.0 Å². The van der Waals surface area contributed by atoms with Crippen molar-refractivity contribution >= 4 is 11.6 Å². The molecule has 0 radical (unpaired) electrons. The van der Waals surface area contributed by atoms with Gasteiger partial charge in [0.15, 0.2) is 6.54 Å². The van der Waals surface area contributed by atoms with Crippen LogP contribution in [0.4, 0.5) is 5.69 Å². The average molecular weight is 327 g/mol. The summed E-state index contributed by atoms with van der Waals surface area (Å²) >= 11 is 0. The number of anilines is 1. The SMILES string of the molecule is CCOc1ccccc1NC(=O)C[NH+](C)Cc1ccc(CC)cc1. The van der Waals surface area contributed by atoms with Gasteiger partial charge in [0.25, 0.3) is 5.91 Å². The van der Waals surface area contributed by atoms with Gasteiger partial charge in [0.2, 0.25) is 0 Å². The third-order valence-electron chi connectivity index (χ3n) is 3.86. The normalized spacial score (nSPS) is 11.8. The third-order valence-corrected chi connectivity index (χ3v) is 3.86. The number of aryl methyl sites for hydroxylation is 1. The van der Waals surface area contributed by atoms with Crippen LogP contribution in [0.2, 0.25) is 0 Å². The minimum atomic E-state index is -0.00942. The fourth-order valence-corrected chi connectivity index (χ4v) is 2.62. The summed E-state index contributed by atoms with van der Waals surface area (Å²) in [6, 6.07) is 16.1. The number of ether oxygens (including phenoxy) is 1. The third kappa shape index (κ3) is 5.39. The molecular formula is C20H27N2O2+. The first-order valence-electron chi connectivity index (χ1n) is 8.53. The molecule has 1 unspecified atom stereocenters. The Morgan fingerprint density at radius 2 is 1.71 bits per heavy atom. The summed E-state index contributed by atoms with van der Waals surface area (Å²) in [6.45, 7) is 5.89. The number of nitrogens with one attached hydrogen (secondary N) is 2. The largest absolute Gasteiger partial charge is 0.492 e. The van der Waals surface area contributed by atoms with Crippen LogP contribution in [0.3, 0.4) is 0 Å². The molecule has 2 rings (SSSR count). The Kier molecular flexibility index (Phi) is 6.82. The standard InChI is InChI=1S/C20H26N2O2/c1-4-16-10-12-17(13-11-16)14-22(3)15-20(23)21-18-8-6-7-9-19(18)24-5-2/h6-13H,4-5,14-15H2,1-3H3,(H,21,23)/p+1. The van der Waals surface area contributed by atoms with Crippen molar-refractivity contribution in [2.45, 2.75) is 26.8 Å². The summed E-state index contributed by atoms with van der Waals surface area (Å²) < 4.78 is 5.54. The number of hydrogen-bond acceptors (Lipinski definition) is 2. The van der Waals surface area contributed by atoms with Gasteiger partial charge in [-0.3, -0.25) is 4.79 Å². The molecule has 0 bridgehead atoms. The maximum Gasteiger partial charge on any atom is 0.279 e. The maximum atomic E-state index is 12.3. The summed E-state index contributed by atoms with van der Waals surface area (Å²) in [4.78, 5) is 13.4. The Morgan fingerprint density at radius 1 is 1.04 bits per heavy atom. The minimum absolute atomic E-state index is 0.00942. The highest BCUT2D eigenvalue weighted by atomic mass is 16.5. The molecular weight excluding hydrogens is 300 g/mol. The number of benzene rings is 2. The van der Waals surface area contributed by atoms with E-state index in [9.17, 15) is 4.79 Å². The first kappa shape index (κ1) is 18.0. The Hall–Kier alpha value is -2.33. The predicted octanol–water partition coefficient (Wildman–Crippen LogP) is 2.30. The molecule has 2 aromatic rings. The molecule has 0 saturated heterocycles. The van der Waals surface area contributed by atoms with Crippen molar-refractivity contribution in [1.82, 2.24) is 0 Å². The number of para-hydroxylation sites is 2. The number of amides is 1. The Bertz CT molecular complexity index is 653. The van der Waals surface area contributed by atoms with Gasteiger partial charge in [-0.25, -0.2) is 0 Å². The highest BCUT2D eigenvalue weighted by Crippen LogP contribution is 2.23. The van der Waals surface area contributed by atoms with Crippen molar-refractivity contribution in [3.8, 4) is 5.75 Å². The average Bonchev–Trinajstić information content (AvgIpc) is 2.57. The second kappa shape index (κ2) is 9.08. The molecule has 4 nitrogen and oxygen atoms in total. The van der Waals surface area contributed by atoms with Gasteiger partial charge in [-0.1, -0.05) is 43.3 Å². The fraction of sp³-hybridized carbons (Fsp3) is 0.350. The van der Waals surface area contributed by atoms with E-state index in [1.807, 2.05) is 38.2 Å². The maximum absolute atomic E-state index is 12.3. The van der Waals surface area contributed by atoms with Crippen LogP contribution in [0.25, 0.3) is 0 Å². The minimum Gasteiger partial charge on any atom is -0.492 e. The van der Waals surface area contributed by atoms with Crippen LogP contribution in [0.5, 0.6) is 5.75 Å². The number of carbonyl (C=O) groups is 1. The number of likely N-dealkylation sites (N-methyl/N-ethyl adjacent to an activating group) is 1. The Balaban J connectivity index is 1.89. The van der Waals surface area contributed by atoms with Crippen LogP contribution >= 0.6 is 0 Å². The van der Waals surface area contributed by atoms with Crippen LogP contribution < -0.4 is 15.0 Å². The van der Waals surface area contributed by atoms with E-state index >= 15 is 0 Å². The molecule has 2 aromatic carbocycles. The topological polar surface area (TPSA) is 42.8 Å². The van der Waals surface area contributed by atoms with Crippen molar-refractivity contribution in [2.24, 2.45) is 0 Å².